The second-order valence-corrected chi connectivity index (χ2v) is 12.5. The Morgan fingerprint density at radius 1 is 1.14 bits per heavy atom. The first-order valence-electron chi connectivity index (χ1n) is 11.4. The van der Waals surface area contributed by atoms with Gasteiger partial charge in [0, 0.05) is 34.3 Å². The van der Waals surface area contributed by atoms with Crippen LogP contribution in [0.5, 0.6) is 0 Å². The molecule has 9 nitrogen and oxygen atoms in total. The summed E-state index contributed by atoms with van der Waals surface area (Å²) in [7, 11) is -3.83. The second-order valence-electron chi connectivity index (χ2n) is 8.98. The molecule has 1 aliphatic heterocycles. The number of carbonyl (C=O) groups is 2. The number of nitrogens with one attached hydrogen (secondary N) is 1. The quantitative estimate of drug-likeness (QED) is 0.381. The maximum Gasteiger partial charge on any atom is 0.245 e. The van der Waals surface area contributed by atoms with Gasteiger partial charge < -0.3 is 9.32 Å². The van der Waals surface area contributed by atoms with Crippen molar-refractivity contribution < 1.29 is 27.6 Å². The van der Waals surface area contributed by atoms with Crippen molar-refractivity contribution in [1.29, 1.82) is 0 Å². The van der Waals surface area contributed by atoms with Crippen LogP contribution >= 0.6 is 11.3 Å². The third-order valence-corrected chi connectivity index (χ3v) is 10.7. The fraction of sp³-hybridized carbons (Fsp3) is 0.375. The number of oxazole rings is 1. The van der Waals surface area contributed by atoms with Crippen LogP contribution in [0.1, 0.15) is 30.6 Å². The zero-order valence-electron chi connectivity index (χ0n) is 18.8. The van der Waals surface area contributed by atoms with Gasteiger partial charge in [0.05, 0.1) is 18.4 Å². The Labute approximate surface area is 206 Å². The molecular formula is C24H25N3O6S2. The van der Waals surface area contributed by atoms with E-state index in [1.807, 2.05) is 30.3 Å². The standard InChI is InChI=1S/C24H25N3O6S2/c28-22(26-30)13-24(9-10-27(11-12-35(24,31)32)23(29)18-5-6-18)21-8-7-20(34-21)17-3-1-16(2-4-17)19-14-25-15-33-19/h1-4,7-8,14-15,18,30H,5-6,9-13H2,(H,26,28). The maximum atomic E-state index is 13.6. The van der Waals surface area contributed by atoms with Crippen molar-refractivity contribution in [2.45, 2.75) is 30.4 Å². The molecule has 3 aromatic rings. The Morgan fingerprint density at radius 2 is 1.89 bits per heavy atom. The van der Waals surface area contributed by atoms with E-state index in [-0.39, 0.29) is 37.1 Å². The number of carbonyl (C=O) groups excluding carboxylic acids is 2. The molecule has 11 heteroatoms. The number of benzene rings is 1. The SMILES string of the molecule is O=C(CC1(c2ccc(-c3ccc(-c4cnco4)cc3)s2)CCN(C(=O)C2CC2)CCS1(=O)=O)NO. The highest BCUT2D eigenvalue weighted by Gasteiger charge is 2.50. The van der Waals surface area contributed by atoms with E-state index in [4.69, 9.17) is 4.42 Å². The van der Waals surface area contributed by atoms with E-state index in [2.05, 4.69) is 4.98 Å². The molecule has 2 aromatic heterocycles. The first-order chi connectivity index (χ1) is 16.8. The van der Waals surface area contributed by atoms with Gasteiger partial charge in [-0.3, -0.25) is 14.8 Å². The number of nitrogens with zero attached hydrogens (tertiary/aromatic N) is 2. The van der Waals surface area contributed by atoms with Crippen molar-refractivity contribution in [3.8, 4) is 21.8 Å². The van der Waals surface area contributed by atoms with Crippen molar-refractivity contribution in [2.75, 3.05) is 18.8 Å². The van der Waals surface area contributed by atoms with Crippen LogP contribution in [0.15, 0.2) is 53.4 Å². The van der Waals surface area contributed by atoms with Crippen LogP contribution in [-0.2, 0) is 24.2 Å². The van der Waals surface area contributed by atoms with Gasteiger partial charge in [0.2, 0.25) is 11.8 Å². The minimum absolute atomic E-state index is 0.0127. The van der Waals surface area contributed by atoms with E-state index in [1.165, 1.54) is 17.7 Å². The van der Waals surface area contributed by atoms with Crippen molar-refractivity contribution >= 4 is 33.0 Å². The molecule has 0 radical (unpaired) electrons. The van der Waals surface area contributed by atoms with E-state index < -0.39 is 26.9 Å². The third kappa shape index (κ3) is 4.51. The van der Waals surface area contributed by atoms with Gasteiger partial charge in [-0.2, -0.15) is 0 Å². The minimum Gasteiger partial charge on any atom is -0.444 e. The Balaban J connectivity index is 1.48. The van der Waals surface area contributed by atoms with Gasteiger partial charge in [-0.25, -0.2) is 18.9 Å². The van der Waals surface area contributed by atoms with Crippen molar-refractivity contribution in [3.05, 3.63) is 53.9 Å². The fourth-order valence-corrected chi connectivity index (χ4v) is 8.18. The molecule has 35 heavy (non-hydrogen) atoms. The molecule has 2 N–H and O–H groups in total. The molecule has 1 aliphatic carbocycles. The largest absolute Gasteiger partial charge is 0.444 e. The first-order valence-corrected chi connectivity index (χ1v) is 13.8. The van der Waals surface area contributed by atoms with Gasteiger partial charge in [-0.05, 0) is 37.0 Å². The van der Waals surface area contributed by atoms with Gasteiger partial charge in [0.1, 0.15) is 4.75 Å². The average molecular weight is 516 g/mol. The second kappa shape index (κ2) is 9.21. The number of hydroxylamine groups is 1. The highest BCUT2D eigenvalue weighted by Crippen LogP contribution is 2.45. The lowest BCUT2D eigenvalue weighted by Gasteiger charge is -2.30. The van der Waals surface area contributed by atoms with Crippen LogP contribution in [0, 0.1) is 5.92 Å². The lowest BCUT2D eigenvalue weighted by Crippen LogP contribution is -2.41. The smallest absolute Gasteiger partial charge is 0.245 e. The summed E-state index contributed by atoms with van der Waals surface area (Å²) in [6.45, 7) is 0.355. The predicted octanol–water partition coefficient (Wildman–Crippen LogP) is 3.22. The van der Waals surface area contributed by atoms with Crippen LogP contribution < -0.4 is 5.48 Å². The first kappa shape index (κ1) is 23.7. The van der Waals surface area contributed by atoms with E-state index in [0.29, 0.717) is 10.6 Å². The van der Waals surface area contributed by atoms with Crippen LogP contribution in [0.2, 0.25) is 0 Å². The molecule has 1 saturated heterocycles. The fourth-order valence-electron chi connectivity index (χ4n) is 4.57. The monoisotopic (exact) mass is 515 g/mol. The molecular weight excluding hydrogens is 490 g/mol. The molecule has 1 atom stereocenters. The molecule has 1 saturated carbocycles. The van der Waals surface area contributed by atoms with Crippen molar-refractivity contribution in [3.63, 3.8) is 0 Å². The summed E-state index contributed by atoms with van der Waals surface area (Å²) < 4.78 is 31.1. The zero-order valence-corrected chi connectivity index (χ0v) is 20.5. The van der Waals surface area contributed by atoms with Crippen LogP contribution in [0.3, 0.4) is 0 Å². The summed E-state index contributed by atoms with van der Waals surface area (Å²) in [6, 6.07) is 11.2. The zero-order chi connectivity index (χ0) is 24.6. The Kier molecular flexibility index (Phi) is 6.24. The molecule has 1 aromatic carbocycles. The van der Waals surface area contributed by atoms with E-state index in [1.54, 1.807) is 22.6 Å². The van der Waals surface area contributed by atoms with Crippen molar-refractivity contribution in [1.82, 2.24) is 15.4 Å². The van der Waals surface area contributed by atoms with Gasteiger partial charge in [-0.1, -0.05) is 24.3 Å². The Morgan fingerprint density at radius 3 is 2.54 bits per heavy atom. The van der Waals surface area contributed by atoms with Crippen LogP contribution in [0.4, 0.5) is 0 Å². The summed E-state index contributed by atoms with van der Waals surface area (Å²) in [5, 5.41) is 9.21. The van der Waals surface area contributed by atoms with Gasteiger partial charge >= 0.3 is 0 Å². The van der Waals surface area contributed by atoms with E-state index in [9.17, 15) is 23.2 Å². The lowest BCUT2D eigenvalue weighted by atomic mass is 9.97. The third-order valence-electron chi connectivity index (χ3n) is 6.76. The Hall–Kier alpha value is -3.02. The lowest BCUT2D eigenvalue weighted by molar-refractivity contribution is -0.132. The maximum absolute atomic E-state index is 13.6. The number of aromatic nitrogens is 1. The number of rotatable bonds is 6. The van der Waals surface area contributed by atoms with Crippen LogP contribution in [-0.4, -0.2) is 54.2 Å². The molecule has 1 unspecified atom stereocenters. The molecule has 184 valence electrons. The van der Waals surface area contributed by atoms with Crippen LogP contribution in [0.25, 0.3) is 21.8 Å². The van der Waals surface area contributed by atoms with Gasteiger partial charge in [0.25, 0.3) is 0 Å². The number of hydrogen-bond acceptors (Lipinski definition) is 8. The summed E-state index contributed by atoms with van der Waals surface area (Å²) in [6.07, 6.45) is 4.34. The van der Waals surface area contributed by atoms with E-state index in [0.717, 1.165) is 28.8 Å². The number of amides is 2. The minimum atomic E-state index is -3.83. The molecule has 2 aliphatic rings. The Bertz CT molecular complexity index is 1330. The summed E-state index contributed by atoms with van der Waals surface area (Å²) in [5.74, 6) is -0.391. The highest BCUT2D eigenvalue weighted by molar-refractivity contribution is 7.92. The molecule has 2 fully saturated rings. The highest BCUT2D eigenvalue weighted by atomic mass is 32.2. The molecule has 0 spiro atoms. The van der Waals surface area contributed by atoms with Gasteiger partial charge in [0.15, 0.2) is 22.0 Å². The molecule has 5 rings (SSSR count). The summed E-state index contributed by atoms with van der Waals surface area (Å²) in [4.78, 5) is 31.9. The molecule has 0 bridgehead atoms. The average Bonchev–Trinajstić information content (AvgIpc) is 3.37. The predicted molar refractivity (Wildman–Crippen MR) is 129 cm³/mol. The number of hydrogen-bond donors (Lipinski definition) is 2. The summed E-state index contributed by atoms with van der Waals surface area (Å²) in [5.41, 5.74) is 3.35. The summed E-state index contributed by atoms with van der Waals surface area (Å²) >= 11 is 1.31. The number of thiophene rings is 1. The van der Waals surface area contributed by atoms with Crippen molar-refractivity contribution in [2.24, 2.45) is 5.92 Å². The molecule has 2 amide bonds. The molecule has 3 heterocycles. The topological polar surface area (TPSA) is 130 Å². The normalized spacial score (nSPS) is 21.9. The van der Waals surface area contributed by atoms with E-state index >= 15 is 0 Å². The van der Waals surface area contributed by atoms with Gasteiger partial charge in [-0.15, -0.1) is 11.3 Å². The number of sulfone groups is 1.